The third-order valence-corrected chi connectivity index (χ3v) is 3.41. The number of carbonyl (C=O) groups is 2. The Balaban J connectivity index is 2.43. The molecule has 10 heteroatoms. The highest BCUT2D eigenvalue weighted by molar-refractivity contribution is 6.25. The highest BCUT2D eigenvalue weighted by Crippen LogP contribution is 2.27. The molecular weight excluding hydrogens is 334 g/mol. The Labute approximate surface area is 141 Å². The number of nitrogens with zero attached hydrogens (tertiary/aromatic N) is 2. The predicted octanol–water partition coefficient (Wildman–Crippen LogP) is 1.88. The monoisotopic (exact) mass is 349 g/mol. The molecule has 1 aromatic carbocycles. The number of non-ortho nitro benzene ring substituents is 1. The first kappa shape index (κ1) is 18.0. The summed E-state index contributed by atoms with van der Waals surface area (Å²) < 4.78 is 4.82. The number of hydrogen-bond donors (Lipinski definition) is 1. The lowest BCUT2D eigenvalue weighted by Gasteiger charge is -2.08. The van der Waals surface area contributed by atoms with E-state index in [2.05, 4.69) is 5.32 Å². The average molecular weight is 349 g/mol. The number of ketones is 1. The standard InChI is InChI=1S/C15H15N3O7/c1-2-25-15(20)12(8-16-9-3-4-9)14(19)11-6-5-10(17(21)22)7-13(11)18(23)24/h5-9,16H,2-4H2,1H3. The number of nitro benzene ring substituents is 2. The van der Waals surface area contributed by atoms with E-state index in [0.29, 0.717) is 6.07 Å². The Morgan fingerprint density at radius 2 is 1.96 bits per heavy atom. The molecule has 1 saturated carbocycles. The Morgan fingerprint density at radius 3 is 2.48 bits per heavy atom. The van der Waals surface area contributed by atoms with Crippen molar-refractivity contribution in [3.8, 4) is 0 Å². The van der Waals surface area contributed by atoms with E-state index >= 15 is 0 Å². The minimum absolute atomic E-state index is 0.0231. The second-order valence-corrected chi connectivity index (χ2v) is 5.26. The van der Waals surface area contributed by atoms with Gasteiger partial charge in [0, 0.05) is 18.3 Å². The summed E-state index contributed by atoms with van der Waals surface area (Å²) in [4.78, 5) is 44.9. The largest absolute Gasteiger partial charge is 0.462 e. The molecule has 1 fully saturated rings. The number of Topliss-reactive ketones (excluding diaryl/α,β-unsaturated/α-hetero) is 1. The van der Waals surface area contributed by atoms with Crippen LogP contribution in [0.15, 0.2) is 30.0 Å². The number of benzene rings is 1. The molecular formula is C15H15N3O7. The number of nitro groups is 2. The van der Waals surface area contributed by atoms with Crippen molar-refractivity contribution < 1.29 is 24.2 Å². The van der Waals surface area contributed by atoms with Crippen molar-refractivity contribution in [1.29, 1.82) is 0 Å². The lowest BCUT2D eigenvalue weighted by atomic mass is 10.0. The second kappa shape index (κ2) is 7.51. The Morgan fingerprint density at radius 1 is 1.28 bits per heavy atom. The van der Waals surface area contributed by atoms with Gasteiger partial charge in [-0.1, -0.05) is 0 Å². The van der Waals surface area contributed by atoms with Gasteiger partial charge in [0.15, 0.2) is 0 Å². The van der Waals surface area contributed by atoms with Crippen molar-refractivity contribution in [2.75, 3.05) is 6.61 Å². The number of nitrogens with one attached hydrogen (secondary N) is 1. The van der Waals surface area contributed by atoms with Gasteiger partial charge < -0.3 is 10.1 Å². The first-order chi connectivity index (χ1) is 11.8. The maximum Gasteiger partial charge on any atom is 0.343 e. The van der Waals surface area contributed by atoms with E-state index in [4.69, 9.17) is 4.74 Å². The molecule has 1 N–H and O–H groups in total. The molecule has 0 bridgehead atoms. The van der Waals surface area contributed by atoms with Crippen LogP contribution in [0.2, 0.25) is 0 Å². The van der Waals surface area contributed by atoms with Crippen LogP contribution in [0.25, 0.3) is 0 Å². The first-order valence-electron chi connectivity index (χ1n) is 7.46. The topological polar surface area (TPSA) is 142 Å². The maximum absolute atomic E-state index is 12.6. The third kappa shape index (κ3) is 4.37. The summed E-state index contributed by atoms with van der Waals surface area (Å²) in [5, 5.41) is 24.8. The Kier molecular flexibility index (Phi) is 5.42. The van der Waals surface area contributed by atoms with Crippen LogP contribution >= 0.6 is 0 Å². The summed E-state index contributed by atoms with van der Waals surface area (Å²) in [6.07, 6.45) is 2.96. The quantitative estimate of drug-likeness (QED) is 0.143. The van der Waals surface area contributed by atoms with Gasteiger partial charge in [-0.25, -0.2) is 4.79 Å². The van der Waals surface area contributed by atoms with Gasteiger partial charge in [-0.2, -0.15) is 0 Å². The van der Waals surface area contributed by atoms with Crippen LogP contribution in [0.1, 0.15) is 30.1 Å². The lowest BCUT2D eigenvalue weighted by molar-refractivity contribution is -0.394. The van der Waals surface area contributed by atoms with Crippen molar-refractivity contribution in [3.63, 3.8) is 0 Å². The van der Waals surface area contributed by atoms with Gasteiger partial charge in [-0.05, 0) is 25.8 Å². The second-order valence-electron chi connectivity index (χ2n) is 5.26. The zero-order chi connectivity index (χ0) is 18.6. The van der Waals surface area contributed by atoms with Crippen LogP contribution in [-0.4, -0.2) is 34.2 Å². The van der Waals surface area contributed by atoms with E-state index in [0.717, 1.165) is 25.0 Å². The van der Waals surface area contributed by atoms with Gasteiger partial charge >= 0.3 is 5.97 Å². The van der Waals surface area contributed by atoms with Crippen LogP contribution in [-0.2, 0) is 9.53 Å². The van der Waals surface area contributed by atoms with Crippen LogP contribution < -0.4 is 5.32 Å². The van der Waals surface area contributed by atoms with E-state index in [9.17, 15) is 29.8 Å². The molecule has 0 saturated heterocycles. The molecule has 0 aromatic heterocycles. The lowest BCUT2D eigenvalue weighted by Crippen LogP contribution is -2.21. The molecule has 2 rings (SSSR count). The molecule has 0 heterocycles. The number of carbonyl (C=O) groups excluding carboxylic acids is 2. The summed E-state index contributed by atoms with van der Waals surface area (Å²) in [5.41, 5.74) is -2.10. The Bertz CT molecular complexity index is 768. The molecule has 0 unspecified atom stereocenters. The number of esters is 1. The van der Waals surface area contributed by atoms with Crippen LogP contribution in [0.4, 0.5) is 11.4 Å². The van der Waals surface area contributed by atoms with Gasteiger partial charge in [0.1, 0.15) is 11.1 Å². The molecule has 0 aliphatic heterocycles. The van der Waals surface area contributed by atoms with Crippen molar-refractivity contribution in [1.82, 2.24) is 5.32 Å². The van der Waals surface area contributed by atoms with E-state index < -0.39 is 44.1 Å². The van der Waals surface area contributed by atoms with Crippen LogP contribution in [0.3, 0.4) is 0 Å². The summed E-state index contributed by atoms with van der Waals surface area (Å²) in [7, 11) is 0. The Hall–Kier alpha value is -3.30. The molecule has 1 aliphatic rings. The molecule has 0 radical (unpaired) electrons. The maximum atomic E-state index is 12.6. The molecule has 0 atom stereocenters. The minimum atomic E-state index is -0.937. The SMILES string of the molecule is CCOC(=O)C(=CNC1CC1)C(=O)c1ccc([N+](=O)[O-])cc1[N+](=O)[O-]. The molecule has 0 spiro atoms. The normalized spacial score (nSPS) is 13.9. The predicted molar refractivity (Wildman–Crippen MR) is 85.0 cm³/mol. The minimum Gasteiger partial charge on any atom is -0.462 e. The van der Waals surface area contributed by atoms with Crippen molar-refractivity contribution in [3.05, 3.63) is 55.8 Å². The molecule has 132 valence electrons. The fourth-order valence-electron chi connectivity index (χ4n) is 2.00. The molecule has 1 aliphatic carbocycles. The third-order valence-electron chi connectivity index (χ3n) is 3.41. The number of hydrogen-bond acceptors (Lipinski definition) is 8. The molecule has 25 heavy (non-hydrogen) atoms. The number of rotatable bonds is 8. The van der Waals surface area contributed by atoms with Gasteiger partial charge in [0.25, 0.3) is 11.4 Å². The van der Waals surface area contributed by atoms with Crippen LogP contribution in [0.5, 0.6) is 0 Å². The summed E-state index contributed by atoms with van der Waals surface area (Å²) in [6, 6.07) is 2.76. The fraction of sp³-hybridized carbons (Fsp3) is 0.333. The van der Waals surface area contributed by atoms with Crippen molar-refractivity contribution in [2.45, 2.75) is 25.8 Å². The van der Waals surface area contributed by atoms with Crippen LogP contribution in [0, 0.1) is 20.2 Å². The van der Waals surface area contributed by atoms with E-state index in [-0.39, 0.29) is 12.6 Å². The van der Waals surface area contributed by atoms with E-state index in [1.54, 1.807) is 6.92 Å². The van der Waals surface area contributed by atoms with Gasteiger partial charge in [0.05, 0.1) is 22.5 Å². The summed E-state index contributed by atoms with van der Waals surface area (Å²) >= 11 is 0. The zero-order valence-corrected chi connectivity index (χ0v) is 13.3. The number of ether oxygens (including phenoxy) is 1. The highest BCUT2D eigenvalue weighted by Gasteiger charge is 2.30. The smallest absolute Gasteiger partial charge is 0.343 e. The first-order valence-corrected chi connectivity index (χ1v) is 7.46. The zero-order valence-electron chi connectivity index (χ0n) is 13.3. The van der Waals surface area contributed by atoms with E-state index in [1.165, 1.54) is 6.20 Å². The highest BCUT2D eigenvalue weighted by atomic mass is 16.6. The van der Waals surface area contributed by atoms with Gasteiger partial charge in [-0.15, -0.1) is 0 Å². The molecule has 1 aromatic rings. The van der Waals surface area contributed by atoms with Crippen molar-refractivity contribution in [2.24, 2.45) is 0 Å². The molecule has 0 amide bonds. The van der Waals surface area contributed by atoms with E-state index in [1.807, 2.05) is 0 Å². The summed E-state index contributed by atoms with van der Waals surface area (Å²) in [6.45, 7) is 1.58. The van der Waals surface area contributed by atoms with Gasteiger partial charge in [-0.3, -0.25) is 25.0 Å². The summed E-state index contributed by atoms with van der Waals surface area (Å²) in [5.74, 6) is -1.86. The van der Waals surface area contributed by atoms with Crippen molar-refractivity contribution >= 4 is 23.1 Å². The fourth-order valence-corrected chi connectivity index (χ4v) is 2.00. The molecule has 10 nitrogen and oxygen atoms in total. The van der Waals surface area contributed by atoms with Gasteiger partial charge in [0.2, 0.25) is 5.78 Å². The average Bonchev–Trinajstić information content (AvgIpc) is 3.38.